The van der Waals surface area contributed by atoms with Gasteiger partial charge < -0.3 is 45.1 Å². The normalized spacial score (nSPS) is 19.3. The second-order valence-electron chi connectivity index (χ2n) is 21.0. The average molecular weight is 1070 g/mol. The van der Waals surface area contributed by atoms with E-state index >= 15 is 0 Å². The summed E-state index contributed by atoms with van der Waals surface area (Å²) in [5.41, 5.74) is 0. The Morgan fingerprint density at radius 1 is 0.513 bits per heavy atom. The van der Waals surface area contributed by atoms with Crippen molar-refractivity contribution in [1.82, 2.24) is 5.32 Å². The Morgan fingerprint density at radius 2 is 0.947 bits per heavy atom. The molecule has 1 amide bonds. The molecule has 0 aromatic rings. The van der Waals surface area contributed by atoms with Gasteiger partial charge in [-0.05, 0) is 110 Å². The van der Waals surface area contributed by atoms with Crippen LogP contribution in [0.2, 0.25) is 0 Å². The van der Waals surface area contributed by atoms with Gasteiger partial charge in [0.2, 0.25) is 5.91 Å². The highest BCUT2D eigenvalue weighted by Gasteiger charge is 2.44. The lowest BCUT2D eigenvalue weighted by Crippen LogP contribution is -2.60. The van der Waals surface area contributed by atoms with E-state index in [0.29, 0.717) is 25.9 Å². The van der Waals surface area contributed by atoms with Gasteiger partial charge in [-0.15, -0.1) is 0 Å². The molecule has 0 aromatic heterocycles. The number of carbonyl (C=O) groups excluding carboxylic acids is 2. The first-order valence-electron chi connectivity index (χ1n) is 30.8. The van der Waals surface area contributed by atoms with Crippen LogP contribution in [0.1, 0.15) is 251 Å². The SMILES string of the molecule is C/C=C/CC/C=C/CC/C=C/C(O)C(COC1OC(CO)C(O)C(O)C1O)NC(=O)CCCCCCCCCCC/C=C\C/C=C\CCCCCCCCCCCOC(=O)CCCCCCC/C=C\C/C=C\CCCC. The van der Waals surface area contributed by atoms with Gasteiger partial charge >= 0.3 is 5.97 Å². The number of allylic oxidation sites excluding steroid dienone is 13. The van der Waals surface area contributed by atoms with Gasteiger partial charge in [0.25, 0.3) is 0 Å². The van der Waals surface area contributed by atoms with Crippen molar-refractivity contribution in [2.45, 2.75) is 294 Å². The minimum atomic E-state index is -1.58. The van der Waals surface area contributed by atoms with Gasteiger partial charge in [0.15, 0.2) is 6.29 Å². The van der Waals surface area contributed by atoms with Crippen LogP contribution in [0.3, 0.4) is 0 Å². The van der Waals surface area contributed by atoms with Crippen LogP contribution >= 0.6 is 0 Å². The quantitative estimate of drug-likeness (QED) is 0.0195. The van der Waals surface area contributed by atoms with E-state index < -0.39 is 49.5 Å². The zero-order valence-corrected chi connectivity index (χ0v) is 48.2. The number of carbonyl (C=O) groups is 2. The zero-order chi connectivity index (χ0) is 55.2. The predicted molar refractivity (Wildman–Crippen MR) is 315 cm³/mol. The summed E-state index contributed by atoms with van der Waals surface area (Å²) in [4.78, 5) is 25.0. The lowest BCUT2D eigenvalue weighted by molar-refractivity contribution is -0.302. The number of ether oxygens (including phenoxy) is 3. The van der Waals surface area contributed by atoms with Crippen molar-refractivity contribution in [3.63, 3.8) is 0 Å². The molecular weight excluding hydrogens is 955 g/mol. The maximum atomic E-state index is 13.0. The molecule has 11 heteroatoms. The standard InChI is InChI=1S/C65H113NO10/c1-3-5-7-9-11-13-14-15-30-33-37-41-45-49-53-61(70)74-54-50-46-42-38-34-31-28-26-24-22-20-18-16-17-19-21-23-25-27-29-32-36-40-44-48-52-60(69)66-57(58(68)51-47-43-39-35-12-10-8-6-4-2)56-75-65-64(73)63(72)62(71)59(55-67)76-65/h4,6,9,11-12,14-15,17-20,35,47,51,57-59,62-65,67-68,71-73H,3,5,7-8,10,13,16,21-34,36-46,48-50,52-56H2,1-2H3,(H,66,69)/b6-4+,11-9-,15-14-,19-17-,20-18-,35-12+,51-47+. The van der Waals surface area contributed by atoms with Crippen LogP contribution in [0.4, 0.5) is 0 Å². The topological polar surface area (TPSA) is 175 Å². The minimum absolute atomic E-state index is 0.0182. The van der Waals surface area contributed by atoms with Crippen molar-refractivity contribution in [2.24, 2.45) is 0 Å². The summed E-state index contributed by atoms with van der Waals surface area (Å²) in [7, 11) is 0. The van der Waals surface area contributed by atoms with E-state index in [-0.39, 0.29) is 18.5 Å². The number of amides is 1. The van der Waals surface area contributed by atoms with Crippen molar-refractivity contribution >= 4 is 11.9 Å². The maximum absolute atomic E-state index is 13.0. The lowest BCUT2D eigenvalue weighted by atomic mass is 9.99. The highest BCUT2D eigenvalue weighted by molar-refractivity contribution is 5.76. The zero-order valence-electron chi connectivity index (χ0n) is 48.2. The predicted octanol–water partition coefficient (Wildman–Crippen LogP) is 14.6. The van der Waals surface area contributed by atoms with Gasteiger partial charge in [-0.3, -0.25) is 9.59 Å². The van der Waals surface area contributed by atoms with Gasteiger partial charge in [0.1, 0.15) is 24.4 Å². The number of aliphatic hydroxyl groups excluding tert-OH is 5. The van der Waals surface area contributed by atoms with Crippen molar-refractivity contribution in [1.29, 1.82) is 0 Å². The molecule has 0 saturated carbocycles. The summed E-state index contributed by atoms with van der Waals surface area (Å²) in [6, 6.07) is -0.840. The minimum Gasteiger partial charge on any atom is -0.466 e. The highest BCUT2D eigenvalue weighted by Crippen LogP contribution is 2.23. The maximum Gasteiger partial charge on any atom is 0.305 e. The van der Waals surface area contributed by atoms with Crippen LogP contribution in [-0.4, -0.2) is 100 Å². The molecule has 1 aliphatic heterocycles. The van der Waals surface area contributed by atoms with Gasteiger partial charge in [0.05, 0.1) is 32.0 Å². The molecule has 1 aliphatic rings. The second kappa shape index (κ2) is 53.8. The summed E-state index contributed by atoms with van der Waals surface area (Å²) >= 11 is 0. The molecule has 7 unspecified atom stereocenters. The molecule has 1 heterocycles. The summed E-state index contributed by atoms with van der Waals surface area (Å²) in [5.74, 6) is -0.226. The van der Waals surface area contributed by atoms with E-state index in [9.17, 15) is 35.1 Å². The van der Waals surface area contributed by atoms with Crippen LogP contribution in [0.15, 0.2) is 85.1 Å². The first kappa shape index (κ1) is 70.9. The first-order chi connectivity index (χ1) is 37.2. The molecule has 6 N–H and O–H groups in total. The number of hydrogen-bond donors (Lipinski definition) is 6. The Kier molecular flexibility index (Phi) is 50.2. The number of esters is 1. The molecule has 1 saturated heterocycles. The summed E-state index contributed by atoms with van der Waals surface area (Å²) < 4.78 is 16.6. The molecule has 0 aromatic carbocycles. The Bertz CT molecular complexity index is 1540. The Balaban J connectivity index is 2.01. The molecule has 0 radical (unpaired) electrons. The fourth-order valence-electron chi connectivity index (χ4n) is 9.11. The monoisotopic (exact) mass is 1070 g/mol. The van der Waals surface area contributed by atoms with Gasteiger partial charge in [0, 0.05) is 12.8 Å². The largest absolute Gasteiger partial charge is 0.466 e. The van der Waals surface area contributed by atoms with Gasteiger partial charge in [-0.1, -0.05) is 214 Å². The van der Waals surface area contributed by atoms with Crippen LogP contribution in [0.25, 0.3) is 0 Å². The van der Waals surface area contributed by atoms with Crippen LogP contribution in [0, 0.1) is 0 Å². The Morgan fingerprint density at radius 3 is 1.45 bits per heavy atom. The fourth-order valence-corrected chi connectivity index (χ4v) is 9.11. The molecule has 11 nitrogen and oxygen atoms in total. The third-order valence-electron chi connectivity index (χ3n) is 14.0. The molecular formula is C65H113NO10. The molecule has 76 heavy (non-hydrogen) atoms. The molecule has 7 atom stereocenters. The third kappa shape index (κ3) is 42.8. The highest BCUT2D eigenvalue weighted by atomic mass is 16.7. The van der Waals surface area contributed by atoms with Crippen molar-refractivity contribution in [2.75, 3.05) is 19.8 Å². The number of nitrogens with one attached hydrogen (secondary N) is 1. The van der Waals surface area contributed by atoms with Crippen molar-refractivity contribution < 1.29 is 49.3 Å². The third-order valence-corrected chi connectivity index (χ3v) is 14.0. The average Bonchev–Trinajstić information content (AvgIpc) is 3.42. The lowest BCUT2D eigenvalue weighted by Gasteiger charge is -2.40. The van der Waals surface area contributed by atoms with E-state index in [2.05, 4.69) is 79.1 Å². The number of rotatable bonds is 52. The molecule has 1 rings (SSSR count). The fraction of sp³-hybridized carbons (Fsp3) is 0.754. The van der Waals surface area contributed by atoms with E-state index in [1.165, 1.54) is 122 Å². The molecule has 438 valence electrons. The second-order valence-corrected chi connectivity index (χ2v) is 21.0. The number of unbranched alkanes of at least 4 members (excludes halogenated alkanes) is 27. The summed E-state index contributed by atoms with van der Waals surface area (Å²) in [6.45, 7) is 4.02. The molecule has 0 aliphatic carbocycles. The van der Waals surface area contributed by atoms with Crippen LogP contribution in [-0.2, 0) is 23.8 Å². The van der Waals surface area contributed by atoms with Crippen molar-refractivity contribution in [3.05, 3.63) is 85.1 Å². The summed E-state index contributed by atoms with van der Waals surface area (Å²) in [5, 5.41) is 54.1. The molecule has 0 spiro atoms. The van der Waals surface area contributed by atoms with E-state index in [1.54, 1.807) is 6.08 Å². The Hall–Kier alpha value is -3.16. The number of aliphatic hydroxyl groups is 5. The van der Waals surface area contributed by atoms with Crippen LogP contribution in [0.5, 0.6) is 0 Å². The van der Waals surface area contributed by atoms with Gasteiger partial charge in [-0.2, -0.15) is 0 Å². The smallest absolute Gasteiger partial charge is 0.305 e. The van der Waals surface area contributed by atoms with E-state index in [4.69, 9.17) is 14.2 Å². The van der Waals surface area contributed by atoms with E-state index in [0.717, 1.165) is 96.3 Å². The van der Waals surface area contributed by atoms with Crippen LogP contribution < -0.4 is 5.32 Å². The molecule has 1 fully saturated rings. The first-order valence-corrected chi connectivity index (χ1v) is 30.8. The summed E-state index contributed by atoms with van der Waals surface area (Å²) in [6.07, 6.45) is 62.9. The number of hydrogen-bond acceptors (Lipinski definition) is 10. The van der Waals surface area contributed by atoms with E-state index in [1.807, 2.05) is 19.1 Å². The van der Waals surface area contributed by atoms with Gasteiger partial charge in [-0.25, -0.2) is 0 Å². The molecule has 0 bridgehead atoms. The van der Waals surface area contributed by atoms with Crippen molar-refractivity contribution in [3.8, 4) is 0 Å². The Labute approximate surface area is 463 Å².